The normalized spacial score (nSPS) is 24.3. The van der Waals surface area contributed by atoms with Crippen LogP contribution in [0.25, 0.3) is 0 Å². The van der Waals surface area contributed by atoms with E-state index in [1.54, 1.807) is 28.6 Å². The highest BCUT2D eigenvalue weighted by Gasteiger charge is 2.51. The summed E-state index contributed by atoms with van der Waals surface area (Å²) in [6.07, 6.45) is 0.854. The van der Waals surface area contributed by atoms with Gasteiger partial charge in [0, 0.05) is 11.5 Å². The second-order valence-electron chi connectivity index (χ2n) is 4.92. The molecule has 1 saturated heterocycles. The summed E-state index contributed by atoms with van der Waals surface area (Å²) < 4.78 is 1.11. The van der Waals surface area contributed by atoms with Crippen LogP contribution in [0.5, 0.6) is 0 Å². The number of nitrogens with zero attached hydrogens (tertiary/aromatic N) is 2. The summed E-state index contributed by atoms with van der Waals surface area (Å²) in [6.45, 7) is 2.04. The average molecular weight is 357 g/mol. The van der Waals surface area contributed by atoms with E-state index in [0.29, 0.717) is 11.5 Å². The van der Waals surface area contributed by atoms with Gasteiger partial charge >= 0.3 is 5.97 Å². The Morgan fingerprint density at radius 1 is 1.64 bits per heavy atom. The third kappa shape index (κ3) is 2.55. The molecule has 9 heteroatoms. The zero-order valence-electron chi connectivity index (χ0n) is 11.8. The van der Waals surface area contributed by atoms with Crippen LogP contribution >= 0.6 is 34.9 Å². The highest BCUT2D eigenvalue weighted by atomic mass is 32.2. The number of carboxylic acid groups (broad SMARTS) is 1. The number of thiazole rings is 1. The van der Waals surface area contributed by atoms with E-state index in [2.05, 4.69) is 4.98 Å². The number of β-lactam (4-membered cyclic amide) rings is 1. The van der Waals surface area contributed by atoms with E-state index in [4.69, 9.17) is 5.73 Å². The highest BCUT2D eigenvalue weighted by molar-refractivity contribution is 8.02. The van der Waals surface area contributed by atoms with Crippen molar-refractivity contribution in [3.05, 3.63) is 22.5 Å². The molecule has 22 heavy (non-hydrogen) atoms. The van der Waals surface area contributed by atoms with Gasteiger partial charge in [-0.15, -0.1) is 34.9 Å². The third-order valence-corrected chi connectivity index (χ3v) is 7.26. The molecule has 1 unspecified atom stereocenters. The van der Waals surface area contributed by atoms with Gasteiger partial charge < -0.3 is 10.8 Å². The van der Waals surface area contributed by atoms with Gasteiger partial charge in [0.05, 0.1) is 15.4 Å². The van der Waals surface area contributed by atoms with Gasteiger partial charge in [-0.2, -0.15) is 0 Å². The molecule has 0 saturated carbocycles. The summed E-state index contributed by atoms with van der Waals surface area (Å²) in [5, 5.41) is 9.24. The largest absolute Gasteiger partial charge is 0.477 e. The fourth-order valence-electron chi connectivity index (χ4n) is 2.46. The topological polar surface area (TPSA) is 96.5 Å². The average Bonchev–Trinajstić information content (AvgIpc) is 2.98. The SMILES string of the molecule is CCc1ncsc1SCC1=C(C(=O)O)N2C(=O)C(N)[C@H]2SC1. The molecule has 0 radical (unpaired) electrons. The molecule has 118 valence electrons. The second kappa shape index (κ2) is 6.23. The van der Waals surface area contributed by atoms with Gasteiger partial charge in [-0.3, -0.25) is 9.69 Å². The van der Waals surface area contributed by atoms with E-state index in [1.807, 2.05) is 6.92 Å². The summed E-state index contributed by atoms with van der Waals surface area (Å²) in [4.78, 5) is 29.1. The van der Waals surface area contributed by atoms with Crippen LogP contribution in [0, 0.1) is 0 Å². The van der Waals surface area contributed by atoms with Crippen molar-refractivity contribution in [2.24, 2.45) is 5.73 Å². The van der Waals surface area contributed by atoms with Gasteiger partial charge in [-0.1, -0.05) is 6.92 Å². The van der Waals surface area contributed by atoms with E-state index in [9.17, 15) is 14.7 Å². The van der Waals surface area contributed by atoms with Crippen LogP contribution in [0.15, 0.2) is 21.0 Å². The Morgan fingerprint density at radius 3 is 3.09 bits per heavy atom. The molecule has 2 aliphatic heterocycles. The first-order chi connectivity index (χ1) is 10.5. The number of hydrogen-bond donors (Lipinski definition) is 2. The van der Waals surface area contributed by atoms with Crippen LogP contribution in [0.3, 0.4) is 0 Å². The number of amides is 1. The van der Waals surface area contributed by atoms with Gasteiger partial charge in [-0.25, -0.2) is 9.78 Å². The lowest BCUT2D eigenvalue weighted by Gasteiger charge is -2.48. The van der Waals surface area contributed by atoms with Crippen LogP contribution in [-0.4, -0.2) is 49.8 Å². The number of rotatable bonds is 5. The number of aliphatic carboxylic acids is 1. The first-order valence-electron chi connectivity index (χ1n) is 6.75. The molecular formula is C13H15N3O3S3. The molecule has 0 spiro atoms. The Bertz CT molecular complexity index is 658. The van der Waals surface area contributed by atoms with E-state index in [1.165, 1.54) is 16.7 Å². The Kier molecular flexibility index (Phi) is 4.49. The molecule has 1 aromatic heterocycles. The van der Waals surface area contributed by atoms with Crippen LogP contribution in [0.4, 0.5) is 0 Å². The summed E-state index contributed by atoms with van der Waals surface area (Å²) in [5.41, 5.74) is 9.46. The number of fused-ring (bicyclic) bond motifs is 1. The Labute approximate surface area is 140 Å². The van der Waals surface area contributed by atoms with Crippen molar-refractivity contribution < 1.29 is 14.7 Å². The van der Waals surface area contributed by atoms with Crippen molar-refractivity contribution in [2.45, 2.75) is 29.0 Å². The van der Waals surface area contributed by atoms with Crippen molar-refractivity contribution in [1.29, 1.82) is 0 Å². The van der Waals surface area contributed by atoms with Gasteiger partial charge in [-0.05, 0) is 12.0 Å². The maximum absolute atomic E-state index is 11.9. The number of hydrogen-bond acceptors (Lipinski definition) is 7. The Hall–Kier alpha value is -1.03. The van der Waals surface area contributed by atoms with Crippen LogP contribution in [-0.2, 0) is 16.0 Å². The summed E-state index contributed by atoms with van der Waals surface area (Å²) >= 11 is 4.69. The van der Waals surface area contributed by atoms with Crippen molar-refractivity contribution in [3.63, 3.8) is 0 Å². The van der Waals surface area contributed by atoms with Crippen molar-refractivity contribution in [1.82, 2.24) is 9.88 Å². The number of aromatic nitrogens is 1. The number of nitrogens with two attached hydrogens (primary N) is 1. The minimum Gasteiger partial charge on any atom is -0.477 e. The van der Waals surface area contributed by atoms with Gasteiger partial charge in [0.2, 0.25) is 5.91 Å². The monoisotopic (exact) mass is 357 g/mol. The smallest absolute Gasteiger partial charge is 0.352 e. The van der Waals surface area contributed by atoms with Crippen LogP contribution in [0.2, 0.25) is 0 Å². The van der Waals surface area contributed by atoms with E-state index in [0.717, 1.165) is 21.9 Å². The lowest BCUT2D eigenvalue weighted by Crippen LogP contribution is -2.68. The maximum Gasteiger partial charge on any atom is 0.352 e. The predicted octanol–water partition coefficient (Wildman–Crippen LogP) is 1.38. The molecule has 6 nitrogen and oxygen atoms in total. The molecule has 3 heterocycles. The van der Waals surface area contributed by atoms with Gasteiger partial charge in [0.1, 0.15) is 17.1 Å². The predicted molar refractivity (Wildman–Crippen MR) is 87.9 cm³/mol. The quantitative estimate of drug-likeness (QED) is 0.607. The van der Waals surface area contributed by atoms with Crippen LogP contribution in [0.1, 0.15) is 12.6 Å². The minimum absolute atomic E-state index is 0.116. The summed E-state index contributed by atoms with van der Waals surface area (Å²) in [6, 6.07) is -0.582. The zero-order chi connectivity index (χ0) is 15.9. The fourth-order valence-corrected chi connectivity index (χ4v) is 5.97. The van der Waals surface area contributed by atoms with Crippen molar-refractivity contribution in [2.75, 3.05) is 11.5 Å². The second-order valence-corrected chi connectivity index (χ2v) is 8.13. The van der Waals surface area contributed by atoms with E-state index >= 15 is 0 Å². The lowest BCUT2D eigenvalue weighted by molar-refractivity contribution is -0.147. The van der Waals surface area contributed by atoms with E-state index < -0.39 is 12.0 Å². The molecule has 0 aromatic carbocycles. The van der Waals surface area contributed by atoms with E-state index in [-0.39, 0.29) is 17.0 Å². The number of carbonyl (C=O) groups excluding carboxylic acids is 1. The maximum atomic E-state index is 11.9. The van der Waals surface area contributed by atoms with Crippen molar-refractivity contribution >= 4 is 46.7 Å². The molecule has 1 fully saturated rings. The Morgan fingerprint density at radius 2 is 2.41 bits per heavy atom. The third-order valence-electron chi connectivity index (χ3n) is 3.61. The number of aryl methyl sites for hydroxylation is 1. The molecule has 1 aromatic rings. The molecule has 0 aliphatic carbocycles. The highest BCUT2D eigenvalue weighted by Crippen LogP contribution is 2.41. The fraction of sp³-hybridized carbons (Fsp3) is 0.462. The lowest BCUT2D eigenvalue weighted by atomic mass is 10.0. The zero-order valence-corrected chi connectivity index (χ0v) is 14.3. The number of carboxylic acids is 1. The van der Waals surface area contributed by atoms with Gasteiger partial charge in [0.25, 0.3) is 0 Å². The molecular weight excluding hydrogens is 342 g/mol. The minimum atomic E-state index is -1.05. The molecule has 0 bridgehead atoms. The first kappa shape index (κ1) is 15.9. The molecule has 3 rings (SSSR count). The number of thioether (sulfide) groups is 2. The van der Waals surface area contributed by atoms with Gasteiger partial charge in [0.15, 0.2) is 0 Å². The van der Waals surface area contributed by atoms with Crippen LogP contribution < -0.4 is 5.73 Å². The molecule has 2 atom stereocenters. The molecule has 3 N–H and O–H groups in total. The molecule has 1 amide bonds. The number of carbonyl (C=O) groups is 2. The molecule has 2 aliphatic rings. The standard InChI is InChI=1S/C13H15N3O3S3/c1-2-7-13(22-5-15-7)21-4-6-3-20-11-8(14)10(17)16(11)9(6)12(18)19/h5,8,11H,2-4,14H2,1H3,(H,18,19)/t8?,11-/m1/s1. The summed E-state index contributed by atoms with van der Waals surface area (Å²) in [7, 11) is 0. The Balaban J connectivity index is 1.81. The van der Waals surface area contributed by atoms with Crippen molar-refractivity contribution in [3.8, 4) is 0 Å². The summed E-state index contributed by atoms with van der Waals surface area (Å²) in [5.74, 6) is -0.211. The first-order valence-corrected chi connectivity index (χ1v) is 9.66.